The number of nitrogens with one attached hydrogen (secondary N) is 2. The molecule has 0 radical (unpaired) electrons. The van der Waals surface area contributed by atoms with E-state index in [2.05, 4.69) is 34.9 Å². The Morgan fingerprint density at radius 2 is 1.66 bits per heavy atom. The highest BCUT2D eigenvalue weighted by Gasteiger charge is 2.20. The van der Waals surface area contributed by atoms with Crippen LogP contribution in [0.3, 0.4) is 0 Å². The van der Waals surface area contributed by atoms with Crippen LogP contribution in [-0.2, 0) is 9.59 Å². The van der Waals surface area contributed by atoms with Gasteiger partial charge in [0.2, 0.25) is 0 Å². The Balaban J connectivity index is 1.72. The molecule has 150 valence electrons. The van der Waals surface area contributed by atoms with Crippen LogP contribution in [0, 0.1) is 13.8 Å². The molecule has 0 unspecified atom stereocenters. The van der Waals surface area contributed by atoms with E-state index < -0.39 is 11.8 Å². The second-order valence-corrected chi connectivity index (χ2v) is 7.53. The third-order valence-electron chi connectivity index (χ3n) is 5.11. The highest BCUT2D eigenvalue weighted by molar-refractivity contribution is 6.39. The lowest BCUT2D eigenvalue weighted by molar-refractivity contribution is -0.136. The number of fused-ring (bicyclic) bond motifs is 1. The first-order valence-electron chi connectivity index (χ1n) is 9.67. The SMILES string of the molecule is Cc1ccc(C)c(NC(=O)C(=O)NC[C@H](c2cccc3ccccc23)N(C)C)c1. The van der Waals surface area contributed by atoms with Gasteiger partial charge in [-0.25, -0.2) is 0 Å². The van der Waals surface area contributed by atoms with Gasteiger partial charge in [-0.2, -0.15) is 0 Å². The number of anilines is 1. The number of benzene rings is 3. The summed E-state index contributed by atoms with van der Waals surface area (Å²) in [7, 11) is 3.93. The molecule has 0 saturated carbocycles. The summed E-state index contributed by atoms with van der Waals surface area (Å²) in [5.41, 5.74) is 3.71. The van der Waals surface area contributed by atoms with Crippen molar-refractivity contribution in [2.45, 2.75) is 19.9 Å². The summed E-state index contributed by atoms with van der Waals surface area (Å²) < 4.78 is 0. The molecule has 1 atom stereocenters. The summed E-state index contributed by atoms with van der Waals surface area (Å²) in [6.07, 6.45) is 0. The number of rotatable bonds is 5. The molecule has 29 heavy (non-hydrogen) atoms. The molecule has 0 aromatic heterocycles. The molecule has 0 spiro atoms. The normalized spacial score (nSPS) is 12.0. The molecule has 5 nitrogen and oxygen atoms in total. The van der Waals surface area contributed by atoms with Gasteiger partial charge < -0.3 is 15.5 Å². The second-order valence-electron chi connectivity index (χ2n) is 7.53. The van der Waals surface area contributed by atoms with Gasteiger partial charge in [0.1, 0.15) is 0 Å². The van der Waals surface area contributed by atoms with Gasteiger partial charge in [0.15, 0.2) is 0 Å². The maximum Gasteiger partial charge on any atom is 0.313 e. The molecule has 0 bridgehead atoms. The quantitative estimate of drug-likeness (QED) is 0.652. The predicted octanol–water partition coefficient (Wildman–Crippen LogP) is 3.81. The molecular weight excluding hydrogens is 362 g/mol. The Bertz CT molecular complexity index is 1040. The molecule has 3 aromatic carbocycles. The van der Waals surface area contributed by atoms with Crippen molar-refractivity contribution < 1.29 is 9.59 Å². The Hall–Kier alpha value is -3.18. The van der Waals surface area contributed by atoms with Gasteiger partial charge in [-0.3, -0.25) is 9.59 Å². The number of carbonyl (C=O) groups excluding carboxylic acids is 2. The second kappa shape index (κ2) is 8.88. The van der Waals surface area contributed by atoms with Crippen LogP contribution < -0.4 is 10.6 Å². The highest BCUT2D eigenvalue weighted by Crippen LogP contribution is 2.26. The number of amides is 2. The fourth-order valence-electron chi connectivity index (χ4n) is 3.43. The first-order chi connectivity index (χ1) is 13.9. The van der Waals surface area contributed by atoms with Gasteiger partial charge in [0.05, 0.1) is 6.04 Å². The monoisotopic (exact) mass is 389 g/mol. The molecule has 2 N–H and O–H groups in total. The Kier molecular flexibility index (Phi) is 6.29. The van der Waals surface area contributed by atoms with Crippen LogP contribution in [-0.4, -0.2) is 37.4 Å². The summed E-state index contributed by atoms with van der Waals surface area (Å²) in [4.78, 5) is 26.8. The van der Waals surface area contributed by atoms with E-state index in [-0.39, 0.29) is 6.04 Å². The largest absolute Gasteiger partial charge is 0.346 e. The molecule has 3 rings (SSSR count). The number of aryl methyl sites for hydroxylation is 2. The van der Waals surface area contributed by atoms with Crippen LogP contribution in [0.2, 0.25) is 0 Å². The molecule has 0 heterocycles. The fourth-order valence-corrected chi connectivity index (χ4v) is 3.43. The van der Waals surface area contributed by atoms with E-state index in [0.717, 1.165) is 27.5 Å². The van der Waals surface area contributed by atoms with Crippen molar-refractivity contribution >= 4 is 28.3 Å². The van der Waals surface area contributed by atoms with Gasteiger partial charge >= 0.3 is 11.8 Å². The van der Waals surface area contributed by atoms with E-state index in [1.807, 2.05) is 69.2 Å². The van der Waals surface area contributed by atoms with Gasteiger partial charge in [0, 0.05) is 12.2 Å². The minimum Gasteiger partial charge on any atom is -0.346 e. The zero-order chi connectivity index (χ0) is 21.0. The van der Waals surface area contributed by atoms with E-state index in [0.29, 0.717) is 12.2 Å². The zero-order valence-corrected chi connectivity index (χ0v) is 17.3. The first kappa shape index (κ1) is 20.6. The smallest absolute Gasteiger partial charge is 0.313 e. The minimum absolute atomic E-state index is 0.0569. The van der Waals surface area contributed by atoms with E-state index in [4.69, 9.17) is 0 Å². The summed E-state index contributed by atoms with van der Waals surface area (Å²) in [5, 5.41) is 7.79. The topological polar surface area (TPSA) is 61.4 Å². The highest BCUT2D eigenvalue weighted by atomic mass is 16.2. The van der Waals surface area contributed by atoms with Crippen LogP contribution in [0.5, 0.6) is 0 Å². The summed E-state index contributed by atoms with van der Waals surface area (Å²) >= 11 is 0. The average molecular weight is 389 g/mol. The lowest BCUT2D eigenvalue weighted by Gasteiger charge is -2.26. The van der Waals surface area contributed by atoms with Crippen LogP contribution in [0.1, 0.15) is 22.7 Å². The van der Waals surface area contributed by atoms with Crippen molar-refractivity contribution in [2.24, 2.45) is 0 Å². The first-order valence-corrected chi connectivity index (χ1v) is 9.67. The lowest BCUT2D eigenvalue weighted by atomic mass is 9.98. The molecule has 5 heteroatoms. The number of hydrogen-bond acceptors (Lipinski definition) is 3. The molecule has 0 aliphatic heterocycles. The standard InChI is InChI=1S/C24H27N3O2/c1-16-12-13-17(2)21(14-16)26-24(29)23(28)25-15-22(27(3)4)20-11-7-9-18-8-5-6-10-19(18)20/h5-14,22H,15H2,1-4H3,(H,25,28)(H,26,29)/t22-/m1/s1. The van der Waals surface area contributed by atoms with Gasteiger partial charge in [-0.15, -0.1) is 0 Å². The van der Waals surface area contributed by atoms with Crippen molar-refractivity contribution in [3.05, 3.63) is 77.4 Å². The Morgan fingerprint density at radius 3 is 2.41 bits per heavy atom. The van der Waals surface area contributed by atoms with Gasteiger partial charge in [-0.1, -0.05) is 54.6 Å². The van der Waals surface area contributed by atoms with Crippen molar-refractivity contribution in [3.63, 3.8) is 0 Å². The van der Waals surface area contributed by atoms with Crippen molar-refractivity contribution in [2.75, 3.05) is 26.0 Å². The third kappa shape index (κ3) is 4.81. The number of carbonyl (C=O) groups is 2. The van der Waals surface area contributed by atoms with E-state index in [9.17, 15) is 9.59 Å². The maximum absolute atomic E-state index is 12.4. The van der Waals surface area contributed by atoms with Gasteiger partial charge in [-0.05, 0) is 61.5 Å². The summed E-state index contributed by atoms with van der Waals surface area (Å²) in [5.74, 6) is -1.30. The molecular formula is C24H27N3O2. The third-order valence-corrected chi connectivity index (χ3v) is 5.11. The number of nitrogens with zero attached hydrogens (tertiary/aromatic N) is 1. The Labute approximate surface area is 171 Å². The van der Waals surface area contributed by atoms with Crippen LogP contribution >= 0.6 is 0 Å². The number of hydrogen-bond donors (Lipinski definition) is 2. The van der Waals surface area contributed by atoms with E-state index >= 15 is 0 Å². The van der Waals surface area contributed by atoms with Crippen molar-refractivity contribution in [3.8, 4) is 0 Å². The zero-order valence-electron chi connectivity index (χ0n) is 17.3. The van der Waals surface area contributed by atoms with E-state index in [1.165, 1.54) is 0 Å². The molecule has 0 fully saturated rings. The van der Waals surface area contributed by atoms with Crippen molar-refractivity contribution in [1.82, 2.24) is 10.2 Å². The lowest BCUT2D eigenvalue weighted by Crippen LogP contribution is -2.40. The molecule has 3 aromatic rings. The fraction of sp³-hybridized carbons (Fsp3) is 0.250. The van der Waals surface area contributed by atoms with Gasteiger partial charge in [0.25, 0.3) is 0 Å². The molecule has 0 saturated heterocycles. The summed E-state index contributed by atoms with van der Waals surface area (Å²) in [6.45, 7) is 4.18. The summed E-state index contributed by atoms with van der Waals surface area (Å²) in [6, 6.07) is 20.0. The maximum atomic E-state index is 12.4. The van der Waals surface area contributed by atoms with Crippen LogP contribution in [0.4, 0.5) is 5.69 Å². The minimum atomic E-state index is -0.658. The predicted molar refractivity (Wildman–Crippen MR) is 118 cm³/mol. The number of likely N-dealkylation sites (N-methyl/N-ethyl adjacent to an activating group) is 1. The Morgan fingerprint density at radius 1 is 0.931 bits per heavy atom. The van der Waals surface area contributed by atoms with Crippen molar-refractivity contribution in [1.29, 1.82) is 0 Å². The van der Waals surface area contributed by atoms with E-state index in [1.54, 1.807) is 0 Å². The molecule has 0 aliphatic carbocycles. The molecule has 0 aliphatic rings. The average Bonchev–Trinajstić information content (AvgIpc) is 2.70. The van der Waals surface area contributed by atoms with Crippen LogP contribution in [0.25, 0.3) is 10.8 Å². The molecule has 2 amide bonds. The van der Waals surface area contributed by atoms with Crippen LogP contribution in [0.15, 0.2) is 60.7 Å².